The highest BCUT2D eigenvalue weighted by Gasteiger charge is 2.43. The first-order valence-corrected chi connectivity index (χ1v) is 17.8. The Labute approximate surface area is 296 Å². The van der Waals surface area contributed by atoms with Crippen LogP contribution in [-0.2, 0) is 21.3 Å². The molecule has 15 heteroatoms. The van der Waals surface area contributed by atoms with E-state index in [2.05, 4.69) is 46.1 Å². The number of likely N-dealkylation sites (tertiary alicyclic amines) is 3. The van der Waals surface area contributed by atoms with Gasteiger partial charge in [-0.2, -0.15) is 0 Å². The summed E-state index contributed by atoms with van der Waals surface area (Å²) in [5, 5.41) is 4.69. The zero-order valence-electron chi connectivity index (χ0n) is 28.1. The summed E-state index contributed by atoms with van der Waals surface area (Å²) in [7, 11) is 0. The van der Waals surface area contributed by atoms with Crippen LogP contribution in [0.1, 0.15) is 52.7 Å². The highest BCUT2D eigenvalue weighted by Crippen LogP contribution is 2.33. The van der Waals surface area contributed by atoms with Crippen molar-refractivity contribution in [1.29, 1.82) is 0 Å². The molecule has 0 saturated carbocycles. The molecule has 2 aromatic heterocycles. The molecule has 12 nitrogen and oxygen atoms in total. The average Bonchev–Trinajstić information content (AvgIpc) is 3.75. The van der Waals surface area contributed by atoms with Crippen molar-refractivity contribution in [1.82, 2.24) is 40.0 Å². The first-order chi connectivity index (χ1) is 22.1. The molecule has 2 aromatic rings. The van der Waals surface area contributed by atoms with E-state index in [4.69, 9.17) is 32.7 Å². The van der Waals surface area contributed by atoms with Crippen molar-refractivity contribution in [2.24, 2.45) is 23.7 Å². The normalized spacial score (nSPS) is 23.7. The Bertz CT molecular complexity index is 1300. The largest absolute Gasteiger partial charge is 0.444 e. The quantitative estimate of drug-likeness (QED) is 0.316. The van der Waals surface area contributed by atoms with Gasteiger partial charge in [0.15, 0.2) is 0 Å². The van der Waals surface area contributed by atoms with Crippen LogP contribution in [0, 0.1) is 23.7 Å². The molecule has 6 rings (SSSR count). The molecule has 0 unspecified atom stereocenters. The van der Waals surface area contributed by atoms with Gasteiger partial charge in [-0.15, -0.1) is 0 Å². The number of nitrogens with zero attached hydrogens (tertiary/aromatic N) is 7. The Hall–Kier alpha value is -2.32. The van der Waals surface area contributed by atoms with Gasteiger partial charge in [0, 0.05) is 94.6 Å². The topological polar surface area (TPSA) is 126 Å². The number of carbonyl (C=O) groups excluding carboxylic acids is 2. The fraction of sp³-hybridized carbons (Fsp3) is 0.688. The fourth-order valence-electron chi connectivity index (χ4n) is 6.11. The lowest BCUT2D eigenvalue weighted by molar-refractivity contribution is 0.0267. The van der Waals surface area contributed by atoms with Gasteiger partial charge in [0.2, 0.25) is 10.6 Å². The molecular weight excluding hydrogens is 711 g/mol. The average molecular weight is 759 g/mol. The summed E-state index contributed by atoms with van der Waals surface area (Å²) in [6.07, 6.45) is 6.57. The van der Waals surface area contributed by atoms with Gasteiger partial charge < -0.3 is 24.6 Å². The van der Waals surface area contributed by atoms with E-state index in [0.29, 0.717) is 29.0 Å². The van der Waals surface area contributed by atoms with E-state index in [0.717, 1.165) is 75.4 Å². The summed E-state index contributed by atoms with van der Waals surface area (Å²) in [4.78, 5) is 45.6. The lowest BCUT2D eigenvalue weighted by Crippen LogP contribution is -2.37. The molecule has 6 heterocycles. The van der Waals surface area contributed by atoms with E-state index in [1.807, 2.05) is 51.3 Å². The van der Waals surface area contributed by atoms with Crippen molar-refractivity contribution in [2.45, 2.75) is 64.6 Å². The van der Waals surface area contributed by atoms with Crippen LogP contribution in [0.3, 0.4) is 0 Å². The SMILES string of the molecule is CC(C)(C)OC(=O)N1C[C@H]2CN(Cc3cnc(Cl)nc3)C[C@H]2C1.CC(C)(C)OC(=O)N1C[C@H]2CNC[C@H]2C1.Clc1ncc(CBr)cn1. The van der Waals surface area contributed by atoms with Gasteiger partial charge >= 0.3 is 12.2 Å². The van der Waals surface area contributed by atoms with Crippen LogP contribution in [0.4, 0.5) is 9.59 Å². The molecule has 2 amide bonds. The van der Waals surface area contributed by atoms with Crippen LogP contribution in [-0.4, -0.2) is 110 Å². The van der Waals surface area contributed by atoms with Gasteiger partial charge in [-0.3, -0.25) is 4.90 Å². The maximum absolute atomic E-state index is 12.2. The predicted molar refractivity (Wildman–Crippen MR) is 184 cm³/mol. The minimum absolute atomic E-state index is 0.156. The summed E-state index contributed by atoms with van der Waals surface area (Å²) in [5.41, 5.74) is 1.28. The maximum Gasteiger partial charge on any atom is 0.410 e. The molecule has 0 bridgehead atoms. The molecule has 4 saturated heterocycles. The number of ether oxygens (including phenoxy) is 2. The number of rotatable bonds is 3. The lowest BCUT2D eigenvalue weighted by atomic mass is 10.0. The second-order valence-electron chi connectivity index (χ2n) is 14.5. The number of alkyl halides is 1. The molecule has 0 spiro atoms. The third-order valence-corrected chi connectivity index (χ3v) is 9.20. The van der Waals surface area contributed by atoms with Crippen molar-refractivity contribution in [2.75, 3.05) is 52.4 Å². The summed E-state index contributed by atoms with van der Waals surface area (Å²) in [6.45, 7) is 19.6. The number of hydrogen-bond donors (Lipinski definition) is 1. The Morgan fingerprint density at radius 1 is 0.723 bits per heavy atom. The molecule has 0 aromatic carbocycles. The second kappa shape index (κ2) is 16.4. The summed E-state index contributed by atoms with van der Waals surface area (Å²) < 4.78 is 10.8. The number of carbonyl (C=O) groups is 2. The zero-order chi connectivity index (χ0) is 34.4. The number of fused-ring (bicyclic) bond motifs is 2. The first-order valence-electron chi connectivity index (χ1n) is 16.0. The third kappa shape index (κ3) is 12.0. The molecule has 260 valence electrons. The van der Waals surface area contributed by atoms with Gasteiger partial charge in [0.05, 0.1) is 0 Å². The van der Waals surface area contributed by atoms with Gasteiger partial charge in [-0.05, 0) is 94.0 Å². The van der Waals surface area contributed by atoms with E-state index in [-0.39, 0.29) is 23.1 Å². The monoisotopic (exact) mass is 756 g/mol. The van der Waals surface area contributed by atoms with Gasteiger partial charge in [-0.1, -0.05) is 15.9 Å². The van der Waals surface area contributed by atoms with E-state index >= 15 is 0 Å². The Morgan fingerprint density at radius 2 is 1.11 bits per heavy atom. The molecule has 47 heavy (non-hydrogen) atoms. The first kappa shape index (κ1) is 37.5. The maximum atomic E-state index is 12.2. The van der Waals surface area contributed by atoms with Crippen LogP contribution in [0.15, 0.2) is 24.8 Å². The Morgan fingerprint density at radius 3 is 1.49 bits per heavy atom. The van der Waals surface area contributed by atoms with Crippen molar-refractivity contribution in [3.63, 3.8) is 0 Å². The second-order valence-corrected chi connectivity index (χ2v) is 15.8. The minimum Gasteiger partial charge on any atom is -0.444 e. The van der Waals surface area contributed by atoms with Crippen molar-refractivity contribution in [3.8, 4) is 0 Å². The third-order valence-electron chi connectivity index (χ3n) is 8.16. The number of aromatic nitrogens is 4. The van der Waals surface area contributed by atoms with Gasteiger partial charge in [-0.25, -0.2) is 29.5 Å². The van der Waals surface area contributed by atoms with Gasteiger partial charge in [0.25, 0.3) is 0 Å². The molecular formula is C32H47BrCl2N8O4. The van der Waals surface area contributed by atoms with Crippen molar-refractivity contribution >= 4 is 51.3 Å². The van der Waals surface area contributed by atoms with Gasteiger partial charge in [0.1, 0.15) is 11.2 Å². The smallest absolute Gasteiger partial charge is 0.410 e. The van der Waals surface area contributed by atoms with E-state index < -0.39 is 5.60 Å². The molecule has 1 N–H and O–H groups in total. The zero-order valence-corrected chi connectivity index (χ0v) is 31.2. The number of nitrogens with one attached hydrogen (secondary N) is 1. The lowest BCUT2D eigenvalue weighted by Gasteiger charge is -2.26. The van der Waals surface area contributed by atoms with Crippen LogP contribution in [0.2, 0.25) is 10.6 Å². The van der Waals surface area contributed by atoms with Crippen molar-refractivity contribution < 1.29 is 19.1 Å². The van der Waals surface area contributed by atoms with E-state index in [9.17, 15) is 9.59 Å². The molecule has 4 aliphatic rings. The Kier molecular flexibility index (Phi) is 13.1. The number of hydrogen-bond acceptors (Lipinski definition) is 10. The minimum atomic E-state index is -0.435. The number of amides is 2. The molecule has 4 atom stereocenters. The standard InChI is InChI=1S/C16H23ClN4O2.C11H20N2O2.C5H4BrClN2/c1-16(2,3)23-15(22)21-9-12-7-20(8-13(12)10-21)6-11-4-18-14(17)19-5-11;1-11(2,3)15-10(14)13-6-8-4-12-5-9(8)7-13;6-1-4-2-8-5(7)9-3-4/h4-5,12-13H,6-10H2,1-3H3;8-9,12H,4-7H2,1-3H3;2-3H,1H2/t12-,13+;8-,9+;. The van der Waals surface area contributed by atoms with E-state index in [1.54, 1.807) is 24.8 Å². The molecule has 0 aliphatic carbocycles. The van der Waals surface area contributed by atoms with Crippen molar-refractivity contribution in [3.05, 3.63) is 46.5 Å². The molecule has 4 fully saturated rings. The molecule has 0 radical (unpaired) electrons. The highest BCUT2D eigenvalue weighted by molar-refractivity contribution is 9.08. The predicted octanol–water partition coefficient (Wildman–Crippen LogP) is 5.53. The fourth-order valence-corrected chi connectivity index (χ4v) is 6.60. The molecule has 4 aliphatic heterocycles. The summed E-state index contributed by atoms with van der Waals surface area (Å²) in [5.74, 6) is 2.32. The van der Waals surface area contributed by atoms with E-state index in [1.165, 1.54) is 0 Å². The van der Waals surface area contributed by atoms with Crippen LogP contribution in [0.25, 0.3) is 0 Å². The van der Waals surface area contributed by atoms with Crippen LogP contribution < -0.4 is 5.32 Å². The van der Waals surface area contributed by atoms with Crippen LogP contribution in [0.5, 0.6) is 0 Å². The highest BCUT2D eigenvalue weighted by atomic mass is 79.9. The number of halogens is 3. The van der Waals surface area contributed by atoms with Crippen LogP contribution >= 0.6 is 39.1 Å². The summed E-state index contributed by atoms with van der Waals surface area (Å²) >= 11 is 14.4. The Balaban J connectivity index is 0.000000178. The summed E-state index contributed by atoms with van der Waals surface area (Å²) in [6, 6.07) is 0.